The van der Waals surface area contributed by atoms with Gasteiger partial charge in [0.2, 0.25) is 0 Å². The Morgan fingerprint density at radius 1 is 1.25 bits per heavy atom. The maximum atomic E-state index is 11.1. The van der Waals surface area contributed by atoms with Crippen molar-refractivity contribution in [3.05, 3.63) is 39.4 Å². The first kappa shape index (κ1) is 13.6. The minimum Gasteiger partial charge on any atom is -0.296 e. The average Bonchev–Trinajstić information content (AvgIpc) is 2.80. The van der Waals surface area contributed by atoms with Crippen molar-refractivity contribution in [1.82, 2.24) is 4.90 Å². The summed E-state index contributed by atoms with van der Waals surface area (Å²) in [6, 6.07) is 5.95. The molecule has 0 bridgehead atoms. The van der Waals surface area contributed by atoms with Crippen molar-refractivity contribution in [2.24, 2.45) is 11.8 Å². The Morgan fingerprint density at radius 2 is 1.95 bits per heavy atom. The van der Waals surface area contributed by atoms with Crippen LogP contribution < -0.4 is 0 Å². The van der Waals surface area contributed by atoms with Crippen molar-refractivity contribution in [2.75, 3.05) is 13.1 Å². The van der Waals surface area contributed by atoms with E-state index in [9.17, 15) is 10.1 Å². The van der Waals surface area contributed by atoms with E-state index in [4.69, 9.17) is 0 Å². The molecule has 3 rings (SSSR count). The summed E-state index contributed by atoms with van der Waals surface area (Å²) in [7, 11) is 0. The van der Waals surface area contributed by atoms with Gasteiger partial charge in [-0.05, 0) is 36.7 Å². The molecule has 4 nitrogen and oxygen atoms in total. The first-order valence-electron chi connectivity index (χ1n) is 7.56. The molecule has 0 aromatic heterocycles. The zero-order valence-corrected chi connectivity index (χ0v) is 12.2. The Labute approximate surface area is 119 Å². The minimum atomic E-state index is -0.233. The topological polar surface area (TPSA) is 46.4 Å². The largest absolute Gasteiger partial charge is 0.296 e. The molecule has 0 radical (unpaired) electrons. The van der Waals surface area contributed by atoms with Crippen molar-refractivity contribution in [3.8, 4) is 0 Å². The molecule has 0 N–H and O–H groups in total. The second-order valence-electron chi connectivity index (χ2n) is 6.56. The van der Waals surface area contributed by atoms with Gasteiger partial charge in [0.1, 0.15) is 0 Å². The van der Waals surface area contributed by atoms with Crippen molar-refractivity contribution in [1.29, 1.82) is 0 Å². The number of hydrogen-bond acceptors (Lipinski definition) is 3. The first-order chi connectivity index (χ1) is 9.56. The van der Waals surface area contributed by atoms with Crippen LogP contribution in [0.2, 0.25) is 0 Å². The second-order valence-corrected chi connectivity index (χ2v) is 6.56. The summed E-state index contributed by atoms with van der Waals surface area (Å²) in [4.78, 5) is 13.5. The lowest BCUT2D eigenvalue weighted by Gasteiger charge is -2.39. The molecule has 108 valence electrons. The zero-order chi connectivity index (χ0) is 14.3. The van der Waals surface area contributed by atoms with E-state index in [1.807, 2.05) is 6.07 Å². The van der Waals surface area contributed by atoms with Gasteiger partial charge >= 0.3 is 0 Å². The normalized spacial score (nSPS) is 30.2. The van der Waals surface area contributed by atoms with Gasteiger partial charge < -0.3 is 0 Å². The van der Waals surface area contributed by atoms with Gasteiger partial charge in [0, 0.05) is 30.8 Å². The van der Waals surface area contributed by atoms with E-state index in [1.165, 1.54) is 12.0 Å². The molecule has 1 aliphatic carbocycles. The molecule has 1 heterocycles. The Balaban J connectivity index is 1.89. The summed E-state index contributed by atoms with van der Waals surface area (Å²) in [5, 5.41) is 11.1. The summed E-state index contributed by atoms with van der Waals surface area (Å²) in [6.45, 7) is 6.87. The highest BCUT2D eigenvalue weighted by Crippen LogP contribution is 2.41. The zero-order valence-electron chi connectivity index (χ0n) is 12.2. The number of piperidine rings is 1. The van der Waals surface area contributed by atoms with Crippen LogP contribution in [0.15, 0.2) is 18.2 Å². The molecule has 1 saturated heterocycles. The number of nitro groups is 1. The Bertz CT molecular complexity index is 519. The summed E-state index contributed by atoms with van der Waals surface area (Å²) < 4.78 is 0. The summed E-state index contributed by atoms with van der Waals surface area (Å²) in [6.07, 6.45) is 3.17. The second kappa shape index (κ2) is 5.17. The number of benzene rings is 1. The van der Waals surface area contributed by atoms with Gasteiger partial charge in [0.25, 0.3) is 5.69 Å². The van der Waals surface area contributed by atoms with Gasteiger partial charge in [-0.25, -0.2) is 0 Å². The van der Waals surface area contributed by atoms with Gasteiger partial charge in [-0.3, -0.25) is 15.0 Å². The molecule has 1 aromatic carbocycles. The SMILES string of the molecule is CC1CC(C)CN(C2CCc3c2cccc3[N+](=O)[O-])C1. The molecule has 3 unspecified atom stereocenters. The van der Waals surface area contributed by atoms with Crippen molar-refractivity contribution < 1.29 is 4.92 Å². The highest BCUT2D eigenvalue weighted by atomic mass is 16.6. The highest BCUT2D eigenvalue weighted by Gasteiger charge is 2.35. The molecule has 1 aromatic rings. The Morgan fingerprint density at radius 3 is 2.60 bits per heavy atom. The maximum absolute atomic E-state index is 11.1. The van der Waals surface area contributed by atoms with Gasteiger partial charge in [0.15, 0.2) is 0 Å². The van der Waals surface area contributed by atoms with Crippen LogP contribution in [0, 0.1) is 22.0 Å². The lowest BCUT2D eigenvalue weighted by atomic mass is 9.90. The van der Waals surface area contributed by atoms with E-state index in [2.05, 4.69) is 24.8 Å². The fraction of sp³-hybridized carbons (Fsp3) is 0.625. The number of hydrogen-bond donors (Lipinski definition) is 0. The molecular formula is C16H22N2O2. The highest BCUT2D eigenvalue weighted by molar-refractivity contribution is 5.49. The van der Waals surface area contributed by atoms with Crippen LogP contribution in [-0.2, 0) is 6.42 Å². The van der Waals surface area contributed by atoms with Crippen LogP contribution in [0.4, 0.5) is 5.69 Å². The Hall–Kier alpha value is -1.42. The molecule has 20 heavy (non-hydrogen) atoms. The molecular weight excluding hydrogens is 252 g/mol. The number of nitro benzene ring substituents is 1. The molecule has 2 aliphatic rings. The molecule has 1 fully saturated rings. The number of likely N-dealkylation sites (tertiary alicyclic amines) is 1. The third-order valence-electron chi connectivity index (χ3n) is 4.75. The fourth-order valence-electron chi connectivity index (χ4n) is 4.13. The van der Waals surface area contributed by atoms with E-state index in [-0.39, 0.29) is 4.92 Å². The third-order valence-corrected chi connectivity index (χ3v) is 4.75. The molecule has 1 aliphatic heterocycles. The predicted molar refractivity (Wildman–Crippen MR) is 78.7 cm³/mol. The molecule has 0 saturated carbocycles. The minimum absolute atomic E-state index is 0.233. The smallest absolute Gasteiger partial charge is 0.272 e. The van der Waals surface area contributed by atoms with Crippen LogP contribution in [0.1, 0.15) is 43.9 Å². The van der Waals surface area contributed by atoms with Crippen LogP contribution in [0.5, 0.6) is 0 Å². The summed E-state index contributed by atoms with van der Waals surface area (Å²) in [5.41, 5.74) is 2.47. The molecule has 0 spiro atoms. The molecule has 4 heteroatoms. The van der Waals surface area contributed by atoms with Gasteiger partial charge in [0.05, 0.1) is 4.92 Å². The quantitative estimate of drug-likeness (QED) is 0.612. The van der Waals surface area contributed by atoms with Crippen molar-refractivity contribution in [3.63, 3.8) is 0 Å². The van der Waals surface area contributed by atoms with Crippen molar-refractivity contribution in [2.45, 2.75) is 39.2 Å². The standard InChI is InChI=1S/C16H22N2O2/c1-11-8-12(2)10-17(9-11)15-7-6-14-13(15)4-3-5-16(14)18(19)20/h3-5,11-12,15H,6-10H2,1-2H3. The van der Waals surface area contributed by atoms with Gasteiger partial charge in [-0.15, -0.1) is 0 Å². The summed E-state index contributed by atoms with van der Waals surface area (Å²) >= 11 is 0. The average molecular weight is 274 g/mol. The number of nitrogens with zero attached hydrogens (tertiary/aromatic N) is 2. The van der Waals surface area contributed by atoms with E-state index in [0.29, 0.717) is 11.7 Å². The van der Waals surface area contributed by atoms with Crippen LogP contribution in [0.3, 0.4) is 0 Å². The molecule has 0 amide bonds. The van der Waals surface area contributed by atoms with Crippen molar-refractivity contribution >= 4 is 5.69 Å². The van der Waals surface area contributed by atoms with E-state index in [0.717, 1.165) is 43.3 Å². The fourth-order valence-corrected chi connectivity index (χ4v) is 4.13. The summed E-state index contributed by atoms with van der Waals surface area (Å²) in [5.74, 6) is 1.45. The van der Waals surface area contributed by atoms with E-state index in [1.54, 1.807) is 6.07 Å². The van der Waals surface area contributed by atoms with Gasteiger partial charge in [-0.2, -0.15) is 0 Å². The third kappa shape index (κ3) is 2.33. The van der Waals surface area contributed by atoms with E-state index < -0.39 is 0 Å². The van der Waals surface area contributed by atoms with Crippen LogP contribution in [0.25, 0.3) is 0 Å². The van der Waals surface area contributed by atoms with Gasteiger partial charge in [-0.1, -0.05) is 26.0 Å². The molecule has 3 atom stereocenters. The van der Waals surface area contributed by atoms with Crippen LogP contribution in [-0.4, -0.2) is 22.9 Å². The van der Waals surface area contributed by atoms with Crippen LogP contribution >= 0.6 is 0 Å². The number of rotatable bonds is 2. The monoisotopic (exact) mass is 274 g/mol. The number of fused-ring (bicyclic) bond motifs is 1. The Kier molecular flexibility index (Phi) is 3.50. The lowest BCUT2D eigenvalue weighted by Crippen LogP contribution is -2.40. The van der Waals surface area contributed by atoms with E-state index >= 15 is 0 Å². The maximum Gasteiger partial charge on any atom is 0.272 e. The lowest BCUT2D eigenvalue weighted by molar-refractivity contribution is -0.385. The predicted octanol–water partition coefficient (Wildman–Crippen LogP) is 3.56. The first-order valence-corrected chi connectivity index (χ1v) is 7.56.